The van der Waals surface area contributed by atoms with Gasteiger partial charge < -0.3 is 33.2 Å². The summed E-state index contributed by atoms with van der Waals surface area (Å²) in [5.74, 6) is 0. The zero-order valence-corrected chi connectivity index (χ0v) is 25.0. The molecule has 2 bridgehead atoms. The summed E-state index contributed by atoms with van der Waals surface area (Å²) in [5.41, 5.74) is -1.04. The van der Waals surface area contributed by atoms with Crippen molar-refractivity contribution in [3.63, 3.8) is 0 Å². The first kappa shape index (κ1) is 33.9. The van der Waals surface area contributed by atoms with E-state index in [4.69, 9.17) is 33.2 Å². The van der Waals surface area contributed by atoms with Gasteiger partial charge in [-0.15, -0.1) is 0 Å². The maximum absolute atomic E-state index is 6.16. The van der Waals surface area contributed by atoms with Gasteiger partial charge in [-0.2, -0.15) is 0 Å². The van der Waals surface area contributed by atoms with Gasteiger partial charge in [0, 0.05) is 13.1 Å². The molecule has 0 N–H and O–H groups in total. The topological polar surface area (TPSA) is 67.9 Å². The van der Waals surface area contributed by atoms with Crippen LogP contribution in [0.4, 0.5) is 0 Å². The van der Waals surface area contributed by atoms with Gasteiger partial charge in [-0.1, -0.05) is 64.7 Å². The van der Waals surface area contributed by atoms with Crippen molar-refractivity contribution in [3.05, 3.63) is 0 Å². The predicted molar refractivity (Wildman–Crippen MR) is 151 cm³/mol. The minimum atomic E-state index is -0.521. The van der Waals surface area contributed by atoms with Gasteiger partial charge in [-0.3, -0.25) is 4.90 Å². The number of hydrogen-bond acceptors (Lipinski definition) is 8. The van der Waals surface area contributed by atoms with Gasteiger partial charge in [0.1, 0.15) is 11.2 Å². The summed E-state index contributed by atoms with van der Waals surface area (Å²) in [4.78, 5) is 2.48. The van der Waals surface area contributed by atoms with Crippen molar-refractivity contribution in [2.75, 3.05) is 98.9 Å². The van der Waals surface area contributed by atoms with Gasteiger partial charge >= 0.3 is 0 Å². The number of unbranched alkanes of at least 4 members (excludes halogenated alkanes) is 9. The van der Waals surface area contributed by atoms with Gasteiger partial charge in [0.25, 0.3) is 0 Å². The van der Waals surface area contributed by atoms with E-state index in [1.807, 2.05) is 0 Å². The maximum atomic E-state index is 6.16. The van der Waals surface area contributed by atoms with E-state index in [1.54, 1.807) is 0 Å². The lowest BCUT2D eigenvalue weighted by atomic mass is 10.1. The van der Waals surface area contributed by atoms with E-state index >= 15 is 0 Å². The Morgan fingerprint density at radius 1 is 0.474 bits per heavy atom. The van der Waals surface area contributed by atoms with Crippen molar-refractivity contribution >= 4 is 0 Å². The second-order valence-corrected chi connectivity index (χ2v) is 11.4. The highest BCUT2D eigenvalue weighted by Crippen LogP contribution is 2.16. The highest BCUT2D eigenvalue weighted by molar-refractivity contribution is 4.77. The van der Waals surface area contributed by atoms with E-state index in [9.17, 15) is 0 Å². The SMILES string of the molecule is CCCCCCCCCCCCN1CCOCC2(C)COCCOCC(C)(COCC1)OCCOCCO2. The Labute approximate surface area is 233 Å². The highest BCUT2D eigenvalue weighted by atomic mass is 16.6. The Hall–Kier alpha value is -0.320. The van der Waals surface area contributed by atoms with Crippen LogP contribution in [-0.2, 0) is 33.2 Å². The molecule has 226 valence electrons. The van der Waals surface area contributed by atoms with Crippen molar-refractivity contribution < 1.29 is 33.2 Å². The first-order chi connectivity index (χ1) is 18.6. The van der Waals surface area contributed by atoms with E-state index in [0.29, 0.717) is 79.3 Å². The normalized spacial score (nSPS) is 28.5. The fourth-order valence-corrected chi connectivity index (χ4v) is 4.86. The summed E-state index contributed by atoms with van der Waals surface area (Å²) in [7, 11) is 0. The average molecular weight is 546 g/mol. The Bertz CT molecular complexity index is 521. The molecule has 0 amide bonds. The minimum Gasteiger partial charge on any atom is -0.377 e. The Balaban J connectivity index is 1.85. The second kappa shape index (κ2) is 21.4. The molecule has 0 aromatic heterocycles. The van der Waals surface area contributed by atoms with Crippen LogP contribution in [0.2, 0.25) is 0 Å². The first-order valence-electron chi connectivity index (χ1n) is 15.4. The van der Waals surface area contributed by atoms with Crippen LogP contribution >= 0.6 is 0 Å². The first-order valence-corrected chi connectivity index (χ1v) is 15.4. The largest absolute Gasteiger partial charge is 0.377 e. The molecule has 2 fully saturated rings. The summed E-state index contributed by atoms with van der Waals surface area (Å²) < 4.78 is 42.1. The molecule has 0 aromatic rings. The summed E-state index contributed by atoms with van der Waals surface area (Å²) in [6.45, 7) is 15.4. The Morgan fingerprint density at radius 3 is 1.34 bits per heavy atom. The van der Waals surface area contributed by atoms with Crippen molar-refractivity contribution in [1.82, 2.24) is 4.90 Å². The quantitative estimate of drug-likeness (QED) is 0.341. The van der Waals surface area contributed by atoms with Crippen LogP contribution in [0, 0.1) is 0 Å². The molecule has 8 nitrogen and oxygen atoms in total. The van der Waals surface area contributed by atoms with Crippen LogP contribution in [0.15, 0.2) is 0 Å². The molecule has 0 spiro atoms. The van der Waals surface area contributed by atoms with Crippen molar-refractivity contribution in [1.29, 1.82) is 0 Å². The van der Waals surface area contributed by atoms with Gasteiger partial charge in [-0.25, -0.2) is 0 Å². The van der Waals surface area contributed by atoms with E-state index in [0.717, 1.165) is 19.6 Å². The summed E-state index contributed by atoms with van der Waals surface area (Å²) >= 11 is 0. The Morgan fingerprint density at radius 2 is 0.868 bits per heavy atom. The third-order valence-electron chi connectivity index (χ3n) is 7.29. The van der Waals surface area contributed by atoms with Crippen molar-refractivity contribution in [2.24, 2.45) is 0 Å². The number of rotatable bonds is 11. The molecule has 0 radical (unpaired) electrons. The van der Waals surface area contributed by atoms with Crippen LogP contribution in [-0.4, -0.2) is 115 Å². The van der Waals surface area contributed by atoms with E-state index < -0.39 is 11.2 Å². The number of fused-ring (bicyclic) bond motifs is 7. The molecule has 2 aliphatic heterocycles. The van der Waals surface area contributed by atoms with Gasteiger partial charge in [0.15, 0.2) is 0 Å². The Kier molecular flexibility index (Phi) is 19.1. The van der Waals surface area contributed by atoms with Crippen LogP contribution < -0.4 is 0 Å². The van der Waals surface area contributed by atoms with E-state index in [-0.39, 0.29) is 0 Å². The summed E-state index contributed by atoms with van der Waals surface area (Å²) in [6, 6.07) is 0. The van der Waals surface area contributed by atoms with E-state index in [2.05, 4.69) is 25.7 Å². The van der Waals surface area contributed by atoms with Gasteiger partial charge in [0.2, 0.25) is 0 Å². The lowest BCUT2D eigenvalue weighted by Gasteiger charge is -2.31. The van der Waals surface area contributed by atoms with Crippen LogP contribution in [0.25, 0.3) is 0 Å². The smallest absolute Gasteiger partial charge is 0.112 e. The zero-order valence-electron chi connectivity index (χ0n) is 25.0. The van der Waals surface area contributed by atoms with Crippen LogP contribution in [0.5, 0.6) is 0 Å². The molecule has 38 heavy (non-hydrogen) atoms. The molecule has 0 aliphatic carbocycles. The van der Waals surface area contributed by atoms with E-state index in [1.165, 1.54) is 64.2 Å². The lowest BCUT2D eigenvalue weighted by Crippen LogP contribution is -2.42. The number of ether oxygens (including phenoxy) is 7. The third-order valence-corrected chi connectivity index (χ3v) is 7.29. The molecule has 2 saturated heterocycles. The molecular formula is C30H59NO7. The highest BCUT2D eigenvalue weighted by Gasteiger charge is 2.28. The number of hydrogen-bond donors (Lipinski definition) is 0. The molecular weight excluding hydrogens is 486 g/mol. The van der Waals surface area contributed by atoms with Crippen LogP contribution in [0.1, 0.15) is 85.0 Å². The molecule has 2 aliphatic rings. The third kappa shape index (κ3) is 16.7. The fourth-order valence-electron chi connectivity index (χ4n) is 4.86. The number of nitrogens with zero attached hydrogens (tertiary/aromatic N) is 1. The lowest BCUT2D eigenvalue weighted by molar-refractivity contribution is -0.139. The van der Waals surface area contributed by atoms with Gasteiger partial charge in [0.05, 0.1) is 79.3 Å². The molecule has 0 aromatic carbocycles. The molecule has 2 unspecified atom stereocenters. The second-order valence-electron chi connectivity index (χ2n) is 11.4. The molecule has 2 heterocycles. The summed E-state index contributed by atoms with van der Waals surface area (Å²) in [6.07, 6.45) is 13.5. The monoisotopic (exact) mass is 545 g/mol. The zero-order chi connectivity index (χ0) is 27.2. The van der Waals surface area contributed by atoms with Crippen LogP contribution in [0.3, 0.4) is 0 Å². The summed E-state index contributed by atoms with van der Waals surface area (Å²) in [5, 5.41) is 0. The fraction of sp³-hybridized carbons (Fsp3) is 1.00. The molecule has 8 heteroatoms. The maximum Gasteiger partial charge on any atom is 0.112 e. The standard InChI is InChI=1S/C30H59NO7/c1-4-5-6-7-8-9-10-11-12-13-14-31-15-17-33-25-29(2)27-35-19-20-36-28-30(3,26-34-18-16-31)38-24-22-32-21-23-37-29/h4-28H2,1-3H3. The average Bonchev–Trinajstić information content (AvgIpc) is 2.90. The molecule has 2 atom stereocenters. The van der Waals surface area contributed by atoms with Crippen molar-refractivity contribution in [3.8, 4) is 0 Å². The minimum absolute atomic E-state index is 0.454. The molecule has 2 rings (SSSR count). The van der Waals surface area contributed by atoms with Crippen molar-refractivity contribution in [2.45, 2.75) is 96.2 Å². The predicted octanol–water partition coefficient (Wildman–Crippen LogP) is 4.87. The molecule has 0 saturated carbocycles. The van der Waals surface area contributed by atoms with Gasteiger partial charge in [-0.05, 0) is 26.8 Å².